The van der Waals surface area contributed by atoms with Crippen LogP contribution in [0.1, 0.15) is 62.6 Å². The smallest absolute Gasteiger partial charge is 0.339 e. The predicted molar refractivity (Wildman–Crippen MR) is 156 cm³/mol. The molecule has 5 rings (SSSR count). The number of nitrogens with two attached hydrogens (primary N) is 2. The molecule has 0 radical (unpaired) electrons. The Hall–Kier alpha value is -3.04. The van der Waals surface area contributed by atoms with Crippen molar-refractivity contribution in [3.63, 3.8) is 0 Å². The van der Waals surface area contributed by atoms with Gasteiger partial charge in [0.1, 0.15) is 5.65 Å². The lowest BCUT2D eigenvalue weighted by molar-refractivity contribution is 0.314. The quantitative estimate of drug-likeness (QED) is 0.223. The van der Waals surface area contributed by atoms with Crippen molar-refractivity contribution in [3.05, 3.63) is 81.1 Å². The molecule has 1 aliphatic rings. The summed E-state index contributed by atoms with van der Waals surface area (Å²) in [7, 11) is 0. The van der Waals surface area contributed by atoms with Crippen molar-refractivity contribution in [2.24, 2.45) is 11.5 Å². The number of fused-ring (bicyclic) bond motifs is 1. The number of benzene rings is 2. The fourth-order valence-corrected chi connectivity index (χ4v) is 5.76. The maximum atomic E-state index is 15.1. The van der Waals surface area contributed by atoms with Crippen molar-refractivity contribution in [2.75, 3.05) is 6.54 Å². The van der Waals surface area contributed by atoms with Gasteiger partial charge in [-0.05, 0) is 93.5 Å². The first-order chi connectivity index (χ1) is 18.8. The highest BCUT2D eigenvalue weighted by Crippen LogP contribution is 2.32. The van der Waals surface area contributed by atoms with Gasteiger partial charge < -0.3 is 21.8 Å². The number of rotatable bonds is 9. The van der Waals surface area contributed by atoms with Gasteiger partial charge in [0.15, 0.2) is 5.82 Å². The van der Waals surface area contributed by atoms with Crippen LogP contribution in [0.25, 0.3) is 28.0 Å². The molecule has 1 fully saturated rings. The molecule has 2 aromatic carbocycles. The fourth-order valence-electron chi connectivity index (χ4n) is 5.52. The van der Waals surface area contributed by atoms with Crippen LogP contribution in [0.2, 0.25) is 5.02 Å². The Morgan fingerprint density at radius 2 is 2.00 bits per heavy atom. The molecule has 9 heteroatoms. The van der Waals surface area contributed by atoms with Gasteiger partial charge in [0.05, 0.1) is 16.4 Å². The number of nitrogens with one attached hydrogen (secondary N) is 2. The number of nitrogens with zero attached hydrogens (tertiary/aromatic N) is 2. The van der Waals surface area contributed by atoms with E-state index in [0.717, 1.165) is 49.8 Å². The van der Waals surface area contributed by atoms with Crippen LogP contribution in [0, 0.1) is 5.82 Å². The van der Waals surface area contributed by atoms with Gasteiger partial charge in [-0.3, -0.25) is 4.57 Å². The van der Waals surface area contributed by atoms with Crippen molar-refractivity contribution in [3.8, 4) is 16.9 Å². The molecule has 39 heavy (non-hydrogen) atoms. The third kappa shape index (κ3) is 6.25. The van der Waals surface area contributed by atoms with E-state index in [9.17, 15) is 4.79 Å². The molecular weight excluding hydrogens is 515 g/mol. The third-order valence-electron chi connectivity index (χ3n) is 7.58. The molecule has 7 nitrogen and oxygen atoms in total. The Bertz CT molecular complexity index is 1490. The first-order valence-electron chi connectivity index (χ1n) is 13.7. The van der Waals surface area contributed by atoms with Crippen LogP contribution in [0.15, 0.2) is 53.5 Å². The van der Waals surface area contributed by atoms with E-state index in [-0.39, 0.29) is 17.1 Å². The number of hydrogen-bond donors (Lipinski definition) is 4. The number of H-pyrrole nitrogens is 1. The summed E-state index contributed by atoms with van der Waals surface area (Å²) < 4.78 is 16.6. The van der Waals surface area contributed by atoms with E-state index >= 15 is 4.39 Å². The first kappa shape index (κ1) is 27.5. The van der Waals surface area contributed by atoms with E-state index in [1.165, 1.54) is 16.6 Å². The van der Waals surface area contributed by atoms with Gasteiger partial charge in [-0.15, -0.1) is 0 Å². The molecule has 0 amide bonds. The molecule has 1 saturated heterocycles. The highest BCUT2D eigenvalue weighted by Gasteiger charge is 2.22. The Labute approximate surface area is 232 Å². The van der Waals surface area contributed by atoms with Gasteiger partial charge in [-0.25, -0.2) is 9.18 Å². The molecule has 0 unspecified atom stereocenters. The fraction of sp³-hybridized carbons (Fsp3) is 0.400. The second-order valence-corrected chi connectivity index (χ2v) is 11.1. The monoisotopic (exact) mass is 550 g/mol. The molecule has 2 aromatic heterocycles. The van der Waals surface area contributed by atoms with Gasteiger partial charge in [-0.2, -0.15) is 4.98 Å². The van der Waals surface area contributed by atoms with Gasteiger partial charge >= 0.3 is 5.69 Å². The number of aromatic nitrogens is 3. The average molecular weight is 551 g/mol. The summed E-state index contributed by atoms with van der Waals surface area (Å²) in [6.45, 7) is 2.65. The lowest BCUT2D eigenvalue weighted by Gasteiger charge is -2.31. The Balaban J connectivity index is 1.41. The van der Waals surface area contributed by atoms with Crippen LogP contribution in [0.5, 0.6) is 0 Å². The highest BCUT2D eigenvalue weighted by atomic mass is 35.5. The van der Waals surface area contributed by atoms with Gasteiger partial charge in [-0.1, -0.05) is 30.2 Å². The van der Waals surface area contributed by atoms with Crippen molar-refractivity contribution < 1.29 is 4.39 Å². The molecule has 0 spiro atoms. The topological polar surface area (TPSA) is 115 Å². The first-order valence-corrected chi connectivity index (χ1v) is 14.1. The summed E-state index contributed by atoms with van der Waals surface area (Å²) in [5.41, 5.74) is 15.3. The lowest BCUT2D eigenvalue weighted by Crippen LogP contribution is -2.38. The lowest BCUT2D eigenvalue weighted by atomic mass is 9.92. The van der Waals surface area contributed by atoms with Gasteiger partial charge in [0.2, 0.25) is 0 Å². The van der Waals surface area contributed by atoms with E-state index in [4.69, 9.17) is 23.1 Å². The van der Waals surface area contributed by atoms with Gasteiger partial charge in [0.25, 0.3) is 0 Å². The SMILES string of the molecule is C[C@H](N)CCCc1cc(Cl)c(F)c(-c2cc3cn(-c4ccc([C@@H]5CCC[C@@H](CCN)N5)cc4)c(=O)nc3[nH]2)c1. The minimum Gasteiger partial charge on any atom is -0.339 e. The maximum absolute atomic E-state index is 15.1. The van der Waals surface area contributed by atoms with Crippen molar-refractivity contribution in [1.82, 2.24) is 19.9 Å². The van der Waals surface area contributed by atoms with Gasteiger partial charge in [0, 0.05) is 35.3 Å². The zero-order chi connectivity index (χ0) is 27.5. The highest BCUT2D eigenvalue weighted by molar-refractivity contribution is 6.31. The number of hydrogen-bond acceptors (Lipinski definition) is 5. The normalized spacial score (nSPS) is 18.5. The number of halogens is 2. The molecule has 4 aromatic rings. The van der Waals surface area contributed by atoms with Crippen molar-refractivity contribution in [1.29, 1.82) is 0 Å². The van der Waals surface area contributed by atoms with E-state index in [1.807, 2.05) is 19.1 Å². The van der Waals surface area contributed by atoms with Crippen LogP contribution in [-0.2, 0) is 6.42 Å². The Morgan fingerprint density at radius 3 is 2.74 bits per heavy atom. The predicted octanol–water partition coefficient (Wildman–Crippen LogP) is 5.38. The summed E-state index contributed by atoms with van der Waals surface area (Å²) in [5.74, 6) is -0.505. The molecule has 206 valence electrons. The Kier molecular flexibility index (Phi) is 8.47. The largest absolute Gasteiger partial charge is 0.354 e. The van der Waals surface area contributed by atoms with Crippen molar-refractivity contribution in [2.45, 2.75) is 70.0 Å². The van der Waals surface area contributed by atoms with Crippen LogP contribution in [0.4, 0.5) is 4.39 Å². The summed E-state index contributed by atoms with van der Waals surface area (Å²) >= 11 is 6.24. The summed E-state index contributed by atoms with van der Waals surface area (Å²) in [4.78, 5) is 20.3. The zero-order valence-electron chi connectivity index (χ0n) is 22.2. The van der Waals surface area contributed by atoms with E-state index in [0.29, 0.717) is 34.9 Å². The molecule has 6 N–H and O–H groups in total. The minimum atomic E-state index is -0.505. The third-order valence-corrected chi connectivity index (χ3v) is 7.86. The number of aromatic amines is 1. The number of aryl methyl sites for hydroxylation is 1. The van der Waals surface area contributed by atoms with Crippen LogP contribution in [0.3, 0.4) is 0 Å². The molecule has 3 atom stereocenters. The summed E-state index contributed by atoms with van der Waals surface area (Å²) in [5, 5.41) is 4.47. The van der Waals surface area contributed by atoms with Crippen LogP contribution < -0.4 is 22.5 Å². The van der Waals surface area contributed by atoms with Crippen molar-refractivity contribution >= 4 is 22.6 Å². The van der Waals surface area contributed by atoms with E-state index < -0.39 is 11.5 Å². The molecule has 0 bridgehead atoms. The van der Waals surface area contributed by atoms with E-state index in [1.54, 1.807) is 24.4 Å². The molecule has 0 aliphatic carbocycles. The second-order valence-electron chi connectivity index (χ2n) is 10.7. The zero-order valence-corrected chi connectivity index (χ0v) is 23.0. The van der Waals surface area contributed by atoms with Crippen LogP contribution in [-0.4, -0.2) is 33.2 Å². The number of piperidine rings is 1. The molecular formula is C30H36ClFN6O. The maximum Gasteiger partial charge on any atom is 0.354 e. The average Bonchev–Trinajstić information content (AvgIpc) is 3.33. The molecule has 0 saturated carbocycles. The second kappa shape index (κ2) is 12.0. The Morgan fingerprint density at radius 1 is 1.21 bits per heavy atom. The van der Waals surface area contributed by atoms with Crippen LogP contribution >= 0.6 is 11.6 Å². The standard InChI is InChI=1S/C30H36ClFN6O/c1-18(34)4-2-5-19-14-24(28(32)25(31)15-19)27-16-21-17-38(30(39)37-29(21)36-27)23-10-8-20(9-11-23)26-7-3-6-22(35-26)12-13-33/h8-11,14-18,22,26,35H,2-7,12-13,33-34H2,1H3,(H,36,37,39)/t18-,22-,26-/m0/s1. The molecule has 3 heterocycles. The molecule has 1 aliphatic heterocycles. The summed E-state index contributed by atoms with van der Waals surface area (Å²) in [6.07, 6.45) is 8.62. The summed E-state index contributed by atoms with van der Waals surface area (Å²) in [6, 6.07) is 14.1. The van der Waals surface area contributed by atoms with E-state index in [2.05, 4.69) is 27.4 Å². The minimum absolute atomic E-state index is 0.0661.